The SMILES string of the molecule is CC(C)C[C@@H](NC(=O)COC(=O)c1cccs1)c1ccccc1. The summed E-state index contributed by atoms with van der Waals surface area (Å²) in [6, 6.07) is 13.2. The first-order valence-corrected chi connectivity index (χ1v) is 8.49. The number of rotatable bonds is 7. The summed E-state index contributed by atoms with van der Waals surface area (Å²) in [6.45, 7) is 3.95. The number of nitrogens with one attached hydrogen (secondary N) is 1. The maximum atomic E-state index is 12.1. The van der Waals surface area contributed by atoms with Gasteiger partial charge in [0.2, 0.25) is 0 Å². The quantitative estimate of drug-likeness (QED) is 0.785. The molecule has 0 radical (unpaired) electrons. The molecule has 0 bridgehead atoms. The van der Waals surface area contributed by atoms with E-state index in [9.17, 15) is 9.59 Å². The third kappa shape index (κ3) is 5.53. The second-order valence-electron chi connectivity index (χ2n) is 5.71. The van der Waals surface area contributed by atoms with Gasteiger partial charge in [-0.25, -0.2) is 4.79 Å². The van der Waals surface area contributed by atoms with E-state index in [4.69, 9.17) is 4.74 Å². The van der Waals surface area contributed by atoms with E-state index < -0.39 is 5.97 Å². The van der Waals surface area contributed by atoms with E-state index in [0.29, 0.717) is 10.8 Å². The van der Waals surface area contributed by atoms with Crippen LogP contribution in [-0.2, 0) is 9.53 Å². The average Bonchev–Trinajstić information content (AvgIpc) is 3.07. The summed E-state index contributed by atoms with van der Waals surface area (Å²) in [5.74, 6) is -0.311. The molecule has 23 heavy (non-hydrogen) atoms. The molecule has 1 amide bonds. The van der Waals surface area contributed by atoms with Gasteiger partial charge in [-0.3, -0.25) is 4.79 Å². The van der Waals surface area contributed by atoms with Gasteiger partial charge in [-0.15, -0.1) is 11.3 Å². The van der Waals surface area contributed by atoms with Crippen LogP contribution in [0.3, 0.4) is 0 Å². The molecule has 0 aliphatic heterocycles. The van der Waals surface area contributed by atoms with Crippen LogP contribution in [0, 0.1) is 5.92 Å². The van der Waals surface area contributed by atoms with E-state index in [1.165, 1.54) is 11.3 Å². The maximum Gasteiger partial charge on any atom is 0.348 e. The highest BCUT2D eigenvalue weighted by Gasteiger charge is 2.17. The Morgan fingerprint density at radius 3 is 2.48 bits per heavy atom. The van der Waals surface area contributed by atoms with Crippen LogP contribution in [0.5, 0.6) is 0 Å². The summed E-state index contributed by atoms with van der Waals surface area (Å²) in [5, 5.41) is 4.75. The smallest absolute Gasteiger partial charge is 0.348 e. The molecule has 0 fully saturated rings. The van der Waals surface area contributed by atoms with Gasteiger partial charge in [-0.1, -0.05) is 50.2 Å². The average molecular weight is 331 g/mol. The largest absolute Gasteiger partial charge is 0.451 e. The fourth-order valence-corrected chi connectivity index (χ4v) is 2.88. The van der Waals surface area contributed by atoms with Gasteiger partial charge in [0.25, 0.3) is 5.91 Å². The molecule has 0 saturated carbocycles. The predicted molar refractivity (Wildman–Crippen MR) is 91.4 cm³/mol. The van der Waals surface area contributed by atoms with E-state index in [1.807, 2.05) is 30.3 Å². The zero-order valence-corrected chi connectivity index (χ0v) is 14.1. The van der Waals surface area contributed by atoms with Gasteiger partial charge in [0.1, 0.15) is 4.88 Å². The zero-order chi connectivity index (χ0) is 16.7. The van der Waals surface area contributed by atoms with Gasteiger partial charge < -0.3 is 10.1 Å². The minimum Gasteiger partial charge on any atom is -0.451 e. The monoisotopic (exact) mass is 331 g/mol. The first-order chi connectivity index (χ1) is 11.1. The molecule has 0 saturated heterocycles. The number of amides is 1. The molecule has 0 aliphatic rings. The van der Waals surface area contributed by atoms with E-state index in [-0.39, 0.29) is 18.6 Å². The lowest BCUT2D eigenvalue weighted by atomic mass is 9.97. The summed E-state index contributed by atoms with van der Waals surface area (Å²) in [4.78, 5) is 24.3. The number of esters is 1. The van der Waals surface area contributed by atoms with Crippen molar-refractivity contribution < 1.29 is 14.3 Å². The summed E-state index contributed by atoms with van der Waals surface area (Å²) >= 11 is 1.30. The molecule has 0 unspecified atom stereocenters. The van der Waals surface area contributed by atoms with Crippen LogP contribution in [0.25, 0.3) is 0 Å². The van der Waals surface area contributed by atoms with E-state index in [1.54, 1.807) is 17.5 Å². The van der Waals surface area contributed by atoms with Crippen LogP contribution in [0.1, 0.15) is 41.5 Å². The van der Waals surface area contributed by atoms with Crippen LogP contribution in [0.4, 0.5) is 0 Å². The van der Waals surface area contributed by atoms with Crippen molar-refractivity contribution >= 4 is 23.2 Å². The number of hydrogen-bond acceptors (Lipinski definition) is 4. The topological polar surface area (TPSA) is 55.4 Å². The molecular weight excluding hydrogens is 310 g/mol. The fraction of sp³-hybridized carbons (Fsp3) is 0.333. The van der Waals surface area contributed by atoms with Crippen molar-refractivity contribution in [3.63, 3.8) is 0 Å². The van der Waals surface area contributed by atoms with Gasteiger partial charge in [0.15, 0.2) is 6.61 Å². The summed E-state index contributed by atoms with van der Waals surface area (Å²) < 4.78 is 5.05. The zero-order valence-electron chi connectivity index (χ0n) is 13.3. The molecule has 122 valence electrons. The summed E-state index contributed by atoms with van der Waals surface area (Å²) in [6.07, 6.45) is 0.828. The molecule has 1 N–H and O–H groups in total. The Labute approximate surface area is 140 Å². The van der Waals surface area contributed by atoms with E-state index in [2.05, 4.69) is 19.2 Å². The van der Waals surface area contributed by atoms with Crippen molar-refractivity contribution in [2.24, 2.45) is 5.92 Å². The Morgan fingerprint density at radius 2 is 1.87 bits per heavy atom. The molecular formula is C18H21NO3S. The number of carbonyl (C=O) groups is 2. The lowest BCUT2D eigenvalue weighted by Crippen LogP contribution is -2.33. The van der Waals surface area contributed by atoms with Gasteiger partial charge in [-0.2, -0.15) is 0 Å². The van der Waals surface area contributed by atoms with Crippen molar-refractivity contribution in [3.05, 3.63) is 58.3 Å². The Morgan fingerprint density at radius 1 is 1.13 bits per heavy atom. The van der Waals surface area contributed by atoms with E-state index in [0.717, 1.165) is 12.0 Å². The first kappa shape index (κ1) is 17.2. The molecule has 2 rings (SSSR count). The van der Waals surface area contributed by atoms with Crippen molar-refractivity contribution in [2.45, 2.75) is 26.3 Å². The molecule has 1 atom stereocenters. The minimum atomic E-state index is -0.463. The highest BCUT2D eigenvalue weighted by Crippen LogP contribution is 2.21. The molecule has 4 nitrogen and oxygen atoms in total. The normalized spacial score (nSPS) is 12.0. The van der Waals surface area contributed by atoms with Crippen LogP contribution in [-0.4, -0.2) is 18.5 Å². The van der Waals surface area contributed by atoms with Crippen LogP contribution >= 0.6 is 11.3 Å². The molecule has 5 heteroatoms. The number of ether oxygens (including phenoxy) is 1. The Hall–Kier alpha value is -2.14. The Bertz CT molecular complexity index is 623. The molecule has 1 heterocycles. The van der Waals surface area contributed by atoms with Crippen molar-refractivity contribution in [1.82, 2.24) is 5.32 Å². The summed E-state index contributed by atoms with van der Waals surface area (Å²) in [7, 11) is 0. The lowest BCUT2D eigenvalue weighted by molar-refractivity contribution is -0.125. The minimum absolute atomic E-state index is 0.0795. The summed E-state index contributed by atoms with van der Waals surface area (Å²) in [5.41, 5.74) is 1.05. The van der Waals surface area contributed by atoms with Gasteiger partial charge in [0.05, 0.1) is 6.04 Å². The maximum absolute atomic E-state index is 12.1. The van der Waals surface area contributed by atoms with Gasteiger partial charge >= 0.3 is 5.97 Å². The predicted octanol–water partition coefficient (Wildman–Crippen LogP) is 3.81. The molecule has 2 aromatic rings. The van der Waals surface area contributed by atoms with Crippen molar-refractivity contribution in [1.29, 1.82) is 0 Å². The molecule has 0 spiro atoms. The fourth-order valence-electron chi connectivity index (χ4n) is 2.27. The van der Waals surface area contributed by atoms with Crippen molar-refractivity contribution in [2.75, 3.05) is 6.61 Å². The molecule has 1 aromatic heterocycles. The molecule has 0 aliphatic carbocycles. The van der Waals surface area contributed by atoms with Gasteiger partial charge in [0, 0.05) is 0 Å². The third-order valence-electron chi connectivity index (χ3n) is 3.30. The number of thiophene rings is 1. The van der Waals surface area contributed by atoms with E-state index >= 15 is 0 Å². The standard InChI is InChI=1S/C18H21NO3S/c1-13(2)11-15(14-7-4-3-5-8-14)19-17(20)12-22-18(21)16-9-6-10-23-16/h3-10,13,15H,11-12H2,1-2H3,(H,19,20)/t15-/m1/s1. The Balaban J connectivity index is 1.91. The van der Waals surface area contributed by atoms with Crippen LogP contribution in [0.15, 0.2) is 47.8 Å². The molecule has 1 aromatic carbocycles. The van der Waals surface area contributed by atoms with Crippen LogP contribution in [0.2, 0.25) is 0 Å². The van der Waals surface area contributed by atoms with Crippen molar-refractivity contribution in [3.8, 4) is 0 Å². The first-order valence-electron chi connectivity index (χ1n) is 7.61. The Kier molecular flexibility index (Phi) is 6.35. The third-order valence-corrected chi connectivity index (χ3v) is 4.15. The number of carbonyl (C=O) groups excluding carboxylic acids is 2. The second kappa shape index (κ2) is 8.48. The highest BCUT2D eigenvalue weighted by molar-refractivity contribution is 7.11. The lowest BCUT2D eigenvalue weighted by Gasteiger charge is -2.21. The highest BCUT2D eigenvalue weighted by atomic mass is 32.1. The second-order valence-corrected chi connectivity index (χ2v) is 6.66. The van der Waals surface area contributed by atoms with Gasteiger partial charge in [-0.05, 0) is 29.3 Å². The van der Waals surface area contributed by atoms with Crippen LogP contribution < -0.4 is 5.32 Å². The number of hydrogen-bond donors (Lipinski definition) is 1. The number of benzene rings is 1.